The topological polar surface area (TPSA) is 61.7 Å². The molecule has 1 heterocycles. The Bertz CT molecular complexity index is 1190. The highest BCUT2D eigenvalue weighted by atomic mass is 15.0. The summed E-state index contributed by atoms with van der Waals surface area (Å²) in [5.74, 6) is 0.765. The standard InChI is InChI=1S/C21H20B2N4/c1-12-2-5-20-16(6-12)21(27-11-26-20)25-10-19(24)14-4-3-13-8-17(22)18(23)9-15(13)7-14/h2-9,11,24H,10,22-23H2,1H3,(H,25,26,27). The van der Waals surface area contributed by atoms with Crippen LogP contribution in [0.1, 0.15) is 11.1 Å². The van der Waals surface area contributed by atoms with E-state index in [4.69, 9.17) is 5.41 Å². The Kier molecular flexibility index (Phi) is 4.40. The summed E-state index contributed by atoms with van der Waals surface area (Å²) in [4.78, 5) is 8.68. The largest absolute Gasteiger partial charge is 0.364 e. The number of fused-ring (bicyclic) bond motifs is 2. The number of benzene rings is 3. The van der Waals surface area contributed by atoms with Crippen molar-refractivity contribution in [3.8, 4) is 0 Å². The average molecular weight is 350 g/mol. The van der Waals surface area contributed by atoms with E-state index in [1.165, 1.54) is 21.7 Å². The van der Waals surface area contributed by atoms with Crippen molar-refractivity contribution in [3.63, 3.8) is 0 Å². The van der Waals surface area contributed by atoms with Gasteiger partial charge >= 0.3 is 0 Å². The molecule has 1 aromatic heterocycles. The van der Waals surface area contributed by atoms with Gasteiger partial charge in [-0.05, 0) is 41.5 Å². The molecule has 0 saturated heterocycles. The average Bonchev–Trinajstić information content (AvgIpc) is 2.66. The molecule has 0 atom stereocenters. The van der Waals surface area contributed by atoms with Crippen LogP contribution in [-0.2, 0) is 0 Å². The Hall–Kier alpha value is -3.14. The van der Waals surface area contributed by atoms with Gasteiger partial charge in [-0.1, -0.05) is 46.8 Å². The minimum atomic E-state index is 0.413. The molecule has 3 aromatic carbocycles. The summed E-state index contributed by atoms with van der Waals surface area (Å²) in [6.45, 7) is 2.47. The predicted molar refractivity (Wildman–Crippen MR) is 120 cm³/mol. The number of nitrogens with zero attached hydrogens (tertiary/aromatic N) is 2. The van der Waals surface area contributed by atoms with E-state index in [0.29, 0.717) is 12.3 Å². The van der Waals surface area contributed by atoms with E-state index in [0.717, 1.165) is 27.8 Å². The maximum Gasteiger partial charge on any atom is 0.138 e. The van der Waals surface area contributed by atoms with Crippen molar-refractivity contribution in [1.29, 1.82) is 5.41 Å². The van der Waals surface area contributed by atoms with Crippen LogP contribution in [0.4, 0.5) is 5.82 Å². The lowest BCUT2D eigenvalue weighted by Gasteiger charge is -2.11. The molecule has 27 heavy (non-hydrogen) atoms. The quantitative estimate of drug-likeness (QED) is 0.428. The number of anilines is 1. The smallest absolute Gasteiger partial charge is 0.138 e. The molecule has 4 aromatic rings. The maximum absolute atomic E-state index is 8.49. The van der Waals surface area contributed by atoms with E-state index in [9.17, 15) is 0 Å². The van der Waals surface area contributed by atoms with Gasteiger partial charge in [0.25, 0.3) is 0 Å². The predicted octanol–water partition coefficient (Wildman–Crippen LogP) is 1.09. The van der Waals surface area contributed by atoms with Gasteiger partial charge in [-0.25, -0.2) is 9.97 Å². The zero-order chi connectivity index (χ0) is 19.0. The van der Waals surface area contributed by atoms with Gasteiger partial charge in [0.15, 0.2) is 0 Å². The van der Waals surface area contributed by atoms with E-state index >= 15 is 0 Å². The molecule has 6 heteroatoms. The van der Waals surface area contributed by atoms with E-state index in [1.807, 2.05) is 18.2 Å². The summed E-state index contributed by atoms with van der Waals surface area (Å²) >= 11 is 0. The fourth-order valence-corrected chi connectivity index (χ4v) is 3.30. The molecule has 0 bridgehead atoms. The van der Waals surface area contributed by atoms with Crippen molar-refractivity contribution in [2.75, 3.05) is 11.9 Å². The van der Waals surface area contributed by atoms with E-state index < -0.39 is 0 Å². The van der Waals surface area contributed by atoms with Crippen molar-refractivity contribution >= 4 is 59.8 Å². The molecule has 0 fully saturated rings. The van der Waals surface area contributed by atoms with Gasteiger partial charge < -0.3 is 10.7 Å². The highest BCUT2D eigenvalue weighted by molar-refractivity contribution is 6.49. The number of rotatable bonds is 4. The Labute approximate surface area is 160 Å². The van der Waals surface area contributed by atoms with Gasteiger partial charge in [-0.3, -0.25) is 0 Å². The van der Waals surface area contributed by atoms with Crippen molar-refractivity contribution < 1.29 is 0 Å². The Morgan fingerprint density at radius 2 is 1.74 bits per heavy atom. The molecular formula is C21H20B2N4. The fraction of sp³-hybridized carbons (Fsp3) is 0.0952. The Morgan fingerprint density at radius 3 is 2.56 bits per heavy atom. The highest BCUT2D eigenvalue weighted by Gasteiger charge is 2.07. The molecule has 0 unspecified atom stereocenters. The van der Waals surface area contributed by atoms with Crippen LogP contribution in [0, 0.1) is 12.3 Å². The second kappa shape index (κ2) is 6.88. The lowest BCUT2D eigenvalue weighted by Crippen LogP contribution is -2.25. The number of hydrogen-bond donors (Lipinski definition) is 2. The van der Waals surface area contributed by atoms with E-state index in [1.54, 1.807) is 6.33 Å². The van der Waals surface area contributed by atoms with Crippen molar-refractivity contribution in [1.82, 2.24) is 9.97 Å². The molecule has 4 rings (SSSR count). The summed E-state index contributed by atoms with van der Waals surface area (Å²) in [5.41, 5.74) is 6.09. The maximum atomic E-state index is 8.49. The molecule has 2 N–H and O–H groups in total. The number of aromatic nitrogens is 2. The zero-order valence-electron chi connectivity index (χ0n) is 15.8. The first kappa shape index (κ1) is 17.3. The van der Waals surface area contributed by atoms with Crippen LogP contribution in [0.2, 0.25) is 0 Å². The first-order valence-electron chi connectivity index (χ1n) is 9.05. The van der Waals surface area contributed by atoms with Crippen molar-refractivity contribution in [2.45, 2.75) is 6.92 Å². The van der Waals surface area contributed by atoms with Gasteiger partial charge in [0.05, 0.1) is 17.8 Å². The lowest BCUT2D eigenvalue weighted by atomic mass is 9.79. The monoisotopic (exact) mass is 350 g/mol. The molecular weight excluding hydrogens is 330 g/mol. The van der Waals surface area contributed by atoms with Crippen LogP contribution in [0.25, 0.3) is 21.7 Å². The van der Waals surface area contributed by atoms with Crippen LogP contribution in [0.3, 0.4) is 0 Å². The summed E-state index contributed by atoms with van der Waals surface area (Å²) in [6, 6.07) is 16.7. The van der Waals surface area contributed by atoms with Crippen molar-refractivity contribution in [2.24, 2.45) is 0 Å². The molecule has 0 amide bonds. The molecule has 0 radical (unpaired) electrons. The Morgan fingerprint density at radius 1 is 0.963 bits per heavy atom. The molecule has 0 spiro atoms. The van der Waals surface area contributed by atoms with Gasteiger partial charge in [-0.15, -0.1) is 0 Å². The number of hydrogen-bond acceptors (Lipinski definition) is 4. The third-order valence-electron chi connectivity index (χ3n) is 5.02. The van der Waals surface area contributed by atoms with Crippen LogP contribution >= 0.6 is 0 Å². The van der Waals surface area contributed by atoms with Gasteiger partial charge in [0, 0.05) is 5.39 Å². The summed E-state index contributed by atoms with van der Waals surface area (Å²) in [7, 11) is 4.25. The molecule has 0 aliphatic heterocycles. The van der Waals surface area contributed by atoms with E-state index in [-0.39, 0.29) is 0 Å². The SMILES string of the molecule is Bc1cc2ccc(C(=N)CNc3ncnc4ccc(C)cc34)cc2cc1B. The highest BCUT2D eigenvalue weighted by Crippen LogP contribution is 2.20. The molecule has 0 aliphatic carbocycles. The lowest BCUT2D eigenvalue weighted by molar-refractivity contribution is 1.18. The second-order valence-corrected chi connectivity index (χ2v) is 7.07. The summed E-state index contributed by atoms with van der Waals surface area (Å²) < 4.78 is 0. The van der Waals surface area contributed by atoms with Gasteiger partial charge in [-0.2, -0.15) is 0 Å². The summed E-state index contributed by atoms with van der Waals surface area (Å²) in [6.07, 6.45) is 1.56. The second-order valence-electron chi connectivity index (χ2n) is 7.07. The van der Waals surface area contributed by atoms with Gasteiger partial charge in [0.1, 0.15) is 27.8 Å². The minimum Gasteiger partial charge on any atom is -0.364 e. The van der Waals surface area contributed by atoms with Crippen LogP contribution in [-0.4, -0.2) is 37.9 Å². The number of nitrogens with one attached hydrogen (secondary N) is 2. The molecule has 130 valence electrons. The van der Waals surface area contributed by atoms with Crippen molar-refractivity contribution in [3.05, 3.63) is 66.0 Å². The molecule has 4 nitrogen and oxygen atoms in total. The summed E-state index contributed by atoms with van der Waals surface area (Å²) in [5, 5.41) is 15.2. The van der Waals surface area contributed by atoms with Crippen LogP contribution in [0.5, 0.6) is 0 Å². The minimum absolute atomic E-state index is 0.413. The number of aryl methyl sites for hydroxylation is 1. The van der Waals surface area contributed by atoms with Crippen LogP contribution < -0.4 is 16.2 Å². The van der Waals surface area contributed by atoms with E-state index in [2.05, 4.69) is 68.2 Å². The third-order valence-corrected chi connectivity index (χ3v) is 5.02. The third kappa shape index (κ3) is 3.43. The van der Waals surface area contributed by atoms with Gasteiger partial charge in [0.2, 0.25) is 0 Å². The first-order valence-corrected chi connectivity index (χ1v) is 9.05. The first-order chi connectivity index (χ1) is 13.0. The molecule has 0 aliphatic rings. The normalized spacial score (nSPS) is 11.0. The zero-order valence-corrected chi connectivity index (χ0v) is 15.8. The van der Waals surface area contributed by atoms with Crippen LogP contribution in [0.15, 0.2) is 54.9 Å². The Balaban J connectivity index is 1.59. The molecule has 0 saturated carbocycles. The fourth-order valence-electron chi connectivity index (χ4n) is 3.30.